The van der Waals surface area contributed by atoms with Crippen LogP contribution in [0.15, 0.2) is 30.3 Å². The third-order valence-electron chi connectivity index (χ3n) is 5.19. The zero-order chi connectivity index (χ0) is 20.5. The molecule has 4 heteroatoms. The minimum Gasteiger partial charge on any atom is -0.370 e. The second-order valence-corrected chi connectivity index (χ2v) is 7.80. The molecule has 0 bridgehead atoms. The van der Waals surface area contributed by atoms with Crippen molar-refractivity contribution in [2.45, 2.75) is 96.9 Å². The van der Waals surface area contributed by atoms with Gasteiger partial charge in [-0.05, 0) is 12.0 Å². The molecule has 0 heterocycles. The summed E-state index contributed by atoms with van der Waals surface area (Å²) in [5.74, 6) is -0.235. The van der Waals surface area contributed by atoms with Crippen molar-refractivity contribution in [2.75, 3.05) is 6.54 Å². The van der Waals surface area contributed by atoms with Gasteiger partial charge >= 0.3 is 0 Å². The molecule has 2 N–H and O–H groups in total. The van der Waals surface area contributed by atoms with Gasteiger partial charge in [0.25, 0.3) is 0 Å². The van der Waals surface area contributed by atoms with Gasteiger partial charge in [0.1, 0.15) is 0 Å². The quantitative estimate of drug-likeness (QED) is 0.353. The Labute approximate surface area is 171 Å². The molecule has 0 spiro atoms. The van der Waals surface area contributed by atoms with Gasteiger partial charge in [-0.1, -0.05) is 101 Å². The molecule has 1 aromatic rings. The molecule has 0 aromatic heterocycles. The molecule has 28 heavy (non-hydrogen) atoms. The Bertz CT molecular complexity index is 531. The first-order valence-electron chi connectivity index (χ1n) is 11.2. The van der Waals surface area contributed by atoms with E-state index in [4.69, 9.17) is 5.73 Å². The number of carbonyl (C=O) groups excluding carboxylic acids is 2. The van der Waals surface area contributed by atoms with E-state index in [9.17, 15) is 9.59 Å². The second kappa shape index (κ2) is 16.1. The number of carbonyl (C=O) groups is 2. The normalized spacial score (nSPS) is 10.8. The summed E-state index contributed by atoms with van der Waals surface area (Å²) in [7, 11) is 0. The maximum Gasteiger partial charge on any atom is 0.222 e. The molecule has 1 aromatic carbocycles. The Balaban J connectivity index is 2.19. The van der Waals surface area contributed by atoms with Crippen molar-refractivity contribution in [3.8, 4) is 0 Å². The van der Waals surface area contributed by atoms with Gasteiger partial charge in [0.05, 0.1) is 0 Å². The standard InChI is InChI=1S/C24H40N2O2/c1-2-3-4-5-6-7-8-9-10-11-15-18-24(28)26(20-19-23(25)27)21-22-16-13-12-14-17-22/h12-14,16-17H,2-11,15,18-21H2,1H3,(H2,25,27). The SMILES string of the molecule is CCCCCCCCCCCCCC(=O)N(CCC(N)=O)Cc1ccccc1. The first-order valence-corrected chi connectivity index (χ1v) is 11.2. The molecule has 0 aliphatic heterocycles. The van der Waals surface area contributed by atoms with Gasteiger partial charge in [-0.3, -0.25) is 9.59 Å². The van der Waals surface area contributed by atoms with Crippen LogP contribution in [0.1, 0.15) is 96.0 Å². The number of benzene rings is 1. The molecular formula is C24H40N2O2. The summed E-state index contributed by atoms with van der Waals surface area (Å²) in [6.45, 7) is 3.20. The third-order valence-corrected chi connectivity index (χ3v) is 5.19. The van der Waals surface area contributed by atoms with Crippen LogP contribution in [0.5, 0.6) is 0 Å². The lowest BCUT2D eigenvalue weighted by atomic mass is 10.0. The van der Waals surface area contributed by atoms with E-state index in [1.54, 1.807) is 4.90 Å². The van der Waals surface area contributed by atoms with Gasteiger partial charge in [0.2, 0.25) is 11.8 Å². The van der Waals surface area contributed by atoms with Crippen molar-refractivity contribution >= 4 is 11.8 Å². The molecule has 2 amide bonds. The minimum absolute atomic E-state index is 0.126. The van der Waals surface area contributed by atoms with Gasteiger partial charge in [-0.15, -0.1) is 0 Å². The van der Waals surface area contributed by atoms with E-state index in [0.29, 0.717) is 19.5 Å². The first kappa shape index (κ1) is 24.2. The van der Waals surface area contributed by atoms with Crippen LogP contribution in [-0.2, 0) is 16.1 Å². The zero-order valence-electron chi connectivity index (χ0n) is 17.8. The van der Waals surface area contributed by atoms with Crippen molar-refractivity contribution < 1.29 is 9.59 Å². The molecule has 0 fully saturated rings. The number of unbranched alkanes of at least 4 members (excludes halogenated alkanes) is 10. The van der Waals surface area contributed by atoms with E-state index in [1.807, 2.05) is 30.3 Å². The third kappa shape index (κ3) is 12.5. The zero-order valence-corrected chi connectivity index (χ0v) is 17.8. The van der Waals surface area contributed by atoms with Crippen molar-refractivity contribution in [1.82, 2.24) is 4.90 Å². The van der Waals surface area contributed by atoms with Gasteiger partial charge in [-0.25, -0.2) is 0 Å². The van der Waals surface area contributed by atoms with Crippen molar-refractivity contribution in [2.24, 2.45) is 5.73 Å². The van der Waals surface area contributed by atoms with Crippen molar-refractivity contribution in [3.63, 3.8) is 0 Å². The van der Waals surface area contributed by atoms with Crippen LogP contribution in [0.25, 0.3) is 0 Å². The molecular weight excluding hydrogens is 348 g/mol. The van der Waals surface area contributed by atoms with E-state index in [-0.39, 0.29) is 18.2 Å². The van der Waals surface area contributed by atoms with E-state index in [1.165, 1.54) is 57.8 Å². The van der Waals surface area contributed by atoms with Crippen LogP contribution in [-0.4, -0.2) is 23.3 Å². The summed E-state index contributed by atoms with van der Waals surface area (Å²) < 4.78 is 0. The van der Waals surface area contributed by atoms with Crippen LogP contribution >= 0.6 is 0 Å². The minimum atomic E-state index is -0.361. The molecule has 0 unspecified atom stereocenters. The molecule has 158 valence electrons. The monoisotopic (exact) mass is 388 g/mol. The van der Waals surface area contributed by atoms with E-state index in [2.05, 4.69) is 6.92 Å². The average molecular weight is 389 g/mol. The van der Waals surface area contributed by atoms with Gasteiger partial charge in [0.15, 0.2) is 0 Å². The van der Waals surface area contributed by atoms with Gasteiger partial charge in [-0.2, -0.15) is 0 Å². The fraction of sp³-hybridized carbons (Fsp3) is 0.667. The highest BCUT2D eigenvalue weighted by Crippen LogP contribution is 2.13. The summed E-state index contributed by atoms with van der Waals surface area (Å²) >= 11 is 0. The Hall–Kier alpha value is -1.84. The highest BCUT2D eigenvalue weighted by molar-refractivity contribution is 5.78. The highest BCUT2D eigenvalue weighted by Gasteiger charge is 2.14. The number of nitrogens with two attached hydrogens (primary N) is 1. The summed E-state index contributed by atoms with van der Waals surface area (Å²) in [6, 6.07) is 9.91. The van der Waals surface area contributed by atoms with Crippen LogP contribution in [0.3, 0.4) is 0 Å². The predicted molar refractivity (Wildman–Crippen MR) is 117 cm³/mol. The Kier molecular flexibility index (Phi) is 14.0. The number of amides is 2. The molecule has 0 aliphatic rings. The van der Waals surface area contributed by atoms with E-state index >= 15 is 0 Å². The number of nitrogens with zero attached hydrogens (tertiary/aromatic N) is 1. The van der Waals surface area contributed by atoms with Crippen LogP contribution < -0.4 is 5.73 Å². The van der Waals surface area contributed by atoms with Crippen LogP contribution in [0, 0.1) is 0 Å². The second-order valence-electron chi connectivity index (χ2n) is 7.80. The number of hydrogen-bond acceptors (Lipinski definition) is 2. The summed E-state index contributed by atoms with van der Waals surface area (Å²) in [4.78, 5) is 25.5. The number of primary amides is 1. The van der Waals surface area contributed by atoms with Crippen LogP contribution in [0.2, 0.25) is 0 Å². The summed E-state index contributed by atoms with van der Waals surface area (Å²) in [5, 5.41) is 0. The lowest BCUT2D eigenvalue weighted by molar-refractivity contribution is -0.132. The molecule has 0 saturated heterocycles. The molecule has 0 aliphatic carbocycles. The molecule has 0 radical (unpaired) electrons. The summed E-state index contributed by atoms with van der Waals surface area (Å²) in [5.41, 5.74) is 6.35. The van der Waals surface area contributed by atoms with Gasteiger partial charge < -0.3 is 10.6 Å². The molecule has 1 rings (SSSR count). The largest absolute Gasteiger partial charge is 0.370 e. The van der Waals surface area contributed by atoms with Crippen LogP contribution in [0.4, 0.5) is 0 Å². The average Bonchev–Trinajstić information content (AvgIpc) is 2.69. The van der Waals surface area contributed by atoms with E-state index in [0.717, 1.165) is 18.4 Å². The van der Waals surface area contributed by atoms with Gasteiger partial charge in [0, 0.05) is 25.9 Å². The lowest BCUT2D eigenvalue weighted by Gasteiger charge is -2.22. The molecule has 0 saturated carbocycles. The Morgan fingerprint density at radius 1 is 0.786 bits per heavy atom. The fourth-order valence-corrected chi connectivity index (χ4v) is 3.44. The maximum absolute atomic E-state index is 12.6. The predicted octanol–water partition coefficient (Wildman–Crippen LogP) is 5.59. The molecule has 0 atom stereocenters. The topological polar surface area (TPSA) is 63.4 Å². The van der Waals surface area contributed by atoms with E-state index < -0.39 is 0 Å². The number of rotatable bonds is 17. The Morgan fingerprint density at radius 2 is 1.32 bits per heavy atom. The number of hydrogen-bond donors (Lipinski definition) is 1. The molecule has 4 nitrogen and oxygen atoms in total. The first-order chi connectivity index (χ1) is 13.6. The smallest absolute Gasteiger partial charge is 0.222 e. The highest BCUT2D eigenvalue weighted by atomic mass is 16.2. The van der Waals surface area contributed by atoms with Crippen molar-refractivity contribution in [3.05, 3.63) is 35.9 Å². The summed E-state index contributed by atoms with van der Waals surface area (Å²) in [6.07, 6.45) is 14.8. The maximum atomic E-state index is 12.6. The lowest BCUT2D eigenvalue weighted by Crippen LogP contribution is -2.33. The fourth-order valence-electron chi connectivity index (χ4n) is 3.44. The Morgan fingerprint density at radius 3 is 1.86 bits per heavy atom. The van der Waals surface area contributed by atoms with Crippen molar-refractivity contribution in [1.29, 1.82) is 0 Å².